The maximum Gasteiger partial charge on any atom is 0.261 e. The molecule has 6 heteroatoms. The van der Waals surface area contributed by atoms with E-state index in [0.717, 1.165) is 5.56 Å². The lowest BCUT2D eigenvalue weighted by Crippen LogP contribution is -2.31. The normalized spacial score (nSPS) is 10.4. The van der Waals surface area contributed by atoms with Crippen molar-refractivity contribution in [2.45, 2.75) is 13.3 Å². The zero-order valence-corrected chi connectivity index (χ0v) is 12.9. The first-order chi connectivity index (χ1) is 9.99. The van der Waals surface area contributed by atoms with E-state index in [1.165, 1.54) is 6.20 Å². The molecule has 0 bridgehead atoms. The zero-order valence-electron chi connectivity index (χ0n) is 11.4. The van der Waals surface area contributed by atoms with Gasteiger partial charge in [0.2, 0.25) is 0 Å². The Kier molecular flexibility index (Phi) is 5.04. The number of aromatic nitrogens is 1. The van der Waals surface area contributed by atoms with Crippen LogP contribution in [0.4, 0.5) is 0 Å². The van der Waals surface area contributed by atoms with Gasteiger partial charge >= 0.3 is 0 Å². The van der Waals surface area contributed by atoms with Gasteiger partial charge in [0.25, 0.3) is 11.5 Å². The van der Waals surface area contributed by atoms with Crippen LogP contribution in [0.25, 0.3) is 0 Å². The molecule has 0 aliphatic heterocycles. The van der Waals surface area contributed by atoms with E-state index in [2.05, 4.69) is 10.3 Å². The van der Waals surface area contributed by atoms with Gasteiger partial charge in [-0.3, -0.25) is 9.59 Å². The van der Waals surface area contributed by atoms with Gasteiger partial charge in [0.1, 0.15) is 5.56 Å². The molecule has 0 atom stereocenters. The number of benzene rings is 1. The molecule has 2 N–H and O–H groups in total. The summed E-state index contributed by atoms with van der Waals surface area (Å²) in [7, 11) is 0. The number of carbonyl (C=O) groups is 1. The third-order valence-corrected chi connectivity index (χ3v) is 3.68. The van der Waals surface area contributed by atoms with Crippen LogP contribution in [0.15, 0.2) is 35.3 Å². The van der Waals surface area contributed by atoms with Crippen molar-refractivity contribution in [1.82, 2.24) is 10.3 Å². The average Bonchev–Trinajstić information content (AvgIpc) is 2.41. The lowest BCUT2D eigenvalue weighted by atomic mass is 10.1. The summed E-state index contributed by atoms with van der Waals surface area (Å²) < 4.78 is 0. The highest BCUT2D eigenvalue weighted by Gasteiger charge is 2.12. The molecule has 0 aliphatic rings. The fourth-order valence-electron chi connectivity index (χ4n) is 1.98. The highest BCUT2D eigenvalue weighted by atomic mass is 35.5. The van der Waals surface area contributed by atoms with Crippen molar-refractivity contribution in [3.8, 4) is 0 Å². The molecule has 0 aliphatic carbocycles. The molecule has 2 rings (SSSR count). The van der Waals surface area contributed by atoms with Crippen molar-refractivity contribution in [2.75, 3.05) is 6.54 Å². The Balaban J connectivity index is 2.00. The van der Waals surface area contributed by atoms with E-state index in [4.69, 9.17) is 23.2 Å². The molecule has 0 saturated heterocycles. The third-order valence-electron chi connectivity index (χ3n) is 3.09. The number of rotatable bonds is 4. The van der Waals surface area contributed by atoms with E-state index in [9.17, 15) is 9.59 Å². The van der Waals surface area contributed by atoms with Crippen LogP contribution in [0, 0.1) is 6.92 Å². The van der Waals surface area contributed by atoms with E-state index < -0.39 is 5.56 Å². The number of H-pyrrole nitrogens is 1. The fourth-order valence-corrected chi connectivity index (χ4v) is 2.49. The first kappa shape index (κ1) is 15.6. The maximum atomic E-state index is 12.0. The Morgan fingerprint density at radius 3 is 2.71 bits per heavy atom. The lowest BCUT2D eigenvalue weighted by molar-refractivity contribution is 0.0952. The van der Waals surface area contributed by atoms with Crippen LogP contribution < -0.4 is 10.9 Å². The Bertz CT molecular complexity index is 726. The molecule has 1 aromatic carbocycles. The summed E-state index contributed by atoms with van der Waals surface area (Å²) in [6.07, 6.45) is 2.08. The number of amides is 1. The van der Waals surface area contributed by atoms with Crippen LogP contribution in [-0.4, -0.2) is 17.4 Å². The minimum absolute atomic E-state index is 0.139. The summed E-state index contributed by atoms with van der Waals surface area (Å²) in [5.41, 5.74) is 1.28. The number of aromatic amines is 1. The number of aryl methyl sites for hydroxylation is 1. The average molecular weight is 325 g/mol. The molecule has 4 nitrogen and oxygen atoms in total. The summed E-state index contributed by atoms with van der Waals surface area (Å²) in [6.45, 7) is 2.11. The Hall–Kier alpha value is -1.78. The van der Waals surface area contributed by atoms with Gasteiger partial charge in [-0.2, -0.15) is 0 Å². The summed E-state index contributed by atoms with van der Waals surface area (Å²) in [5, 5.41) is 3.85. The fraction of sp³-hybridized carbons (Fsp3) is 0.200. The summed E-state index contributed by atoms with van der Waals surface area (Å²) >= 11 is 11.9. The molecule has 21 heavy (non-hydrogen) atoms. The minimum Gasteiger partial charge on any atom is -0.352 e. The van der Waals surface area contributed by atoms with E-state index >= 15 is 0 Å². The molecule has 0 fully saturated rings. The van der Waals surface area contributed by atoms with Gasteiger partial charge < -0.3 is 10.3 Å². The van der Waals surface area contributed by atoms with Crippen molar-refractivity contribution >= 4 is 29.1 Å². The number of hydrogen-bond donors (Lipinski definition) is 2. The molecular weight excluding hydrogens is 311 g/mol. The second kappa shape index (κ2) is 6.78. The van der Waals surface area contributed by atoms with Gasteiger partial charge in [0, 0.05) is 22.8 Å². The Morgan fingerprint density at radius 2 is 2.05 bits per heavy atom. The van der Waals surface area contributed by atoms with Crippen molar-refractivity contribution in [3.05, 3.63) is 67.6 Å². The molecule has 110 valence electrons. The Morgan fingerprint density at radius 1 is 1.29 bits per heavy atom. The zero-order chi connectivity index (χ0) is 15.4. The predicted octanol–water partition coefficient (Wildman–Crippen LogP) is 2.96. The summed E-state index contributed by atoms with van der Waals surface area (Å²) in [6, 6.07) is 6.91. The van der Waals surface area contributed by atoms with Crippen LogP contribution in [0.5, 0.6) is 0 Å². The van der Waals surface area contributed by atoms with Crippen LogP contribution in [0.2, 0.25) is 10.0 Å². The molecule has 0 unspecified atom stereocenters. The van der Waals surface area contributed by atoms with E-state index in [0.29, 0.717) is 28.6 Å². The number of nitrogens with one attached hydrogen (secondary N) is 2. The van der Waals surface area contributed by atoms with Crippen molar-refractivity contribution in [1.29, 1.82) is 0 Å². The molecule has 1 amide bonds. The molecular formula is C15H14Cl2N2O2. The number of carbonyl (C=O) groups excluding carboxylic acids is 1. The molecule has 1 aromatic heterocycles. The lowest BCUT2D eigenvalue weighted by Gasteiger charge is -2.08. The maximum absolute atomic E-state index is 12.0. The van der Waals surface area contributed by atoms with E-state index in [1.807, 2.05) is 6.07 Å². The minimum atomic E-state index is -0.392. The third kappa shape index (κ3) is 3.86. The van der Waals surface area contributed by atoms with Gasteiger partial charge in [-0.1, -0.05) is 29.3 Å². The molecule has 0 spiro atoms. The van der Waals surface area contributed by atoms with Crippen LogP contribution in [0.1, 0.15) is 21.5 Å². The highest BCUT2D eigenvalue weighted by Crippen LogP contribution is 2.21. The summed E-state index contributed by atoms with van der Waals surface area (Å²) in [5.74, 6) is -0.389. The molecule has 0 saturated carbocycles. The summed E-state index contributed by atoms with van der Waals surface area (Å²) in [4.78, 5) is 26.2. The Labute approximate surface area is 132 Å². The highest BCUT2D eigenvalue weighted by molar-refractivity contribution is 6.35. The second-order valence-corrected chi connectivity index (χ2v) is 5.45. The number of halogens is 2. The predicted molar refractivity (Wildman–Crippen MR) is 84.3 cm³/mol. The van der Waals surface area contributed by atoms with Gasteiger partial charge in [-0.15, -0.1) is 0 Å². The van der Waals surface area contributed by atoms with Gasteiger partial charge in [0.15, 0.2) is 0 Å². The van der Waals surface area contributed by atoms with E-state index in [1.54, 1.807) is 25.1 Å². The first-order valence-electron chi connectivity index (χ1n) is 6.39. The topological polar surface area (TPSA) is 62.0 Å². The number of pyridine rings is 1. The quantitative estimate of drug-likeness (QED) is 0.908. The molecule has 2 aromatic rings. The van der Waals surface area contributed by atoms with Crippen molar-refractivity contribution < 1.29 is 4.79 Å². The standard InChI is InChI=1S/C15H14Cl2N2O2/c1-9-4-6-18-14(20)13(9)15(21)19-7-5-10-2-3-11(16)8-12(10)17/h2-4,6,8H,5,7H2,1H3,(H,18,20)(H,19,21). The van der Waals surface area contributed by atoms with Crippen LogP contribution in [0.3, 0.4) is 0 Å². The van der Waals surface area contributed by atoms with Crippen molar-refractivity contribution in [2.24, 2.45) is 0 Å². The largest absolute Gasteiger partial charge is 0.352 e. The number of hydrogen-bond acceptors (Lipinski definition) is 2. The molecule has 0 radical (unpaired) electrons. The van der Waals surface area contributed by atoms with Crippen LogP contribution >= 0.6 is 23.2 Å². The smallest absolute Gasteiger partial charge is 0.261 e. The monoisotopic (exact) mass is 324 g/mol. The molecule has 1 heterocycles. The van der Waals surface area contributed by atoms with E-state index in [-0.39, 0.29) is 11.5 Å². The van der Waals surface area contributed by atoms with Gasteiger partial charge in [-0.25, -0.2) is 0 Å². The van der Waals surface area contributed by atoms with Crippen molar-refractivity contribution in [3.63, 3.8) is 0 Å². The van der Waals surface area contributed by atoms with Gasteiger partial charge in [-0.05, 0) is 42.7 Å². The first-order valence-corrected chi connectivity index (χ1v) is 7.15. The SMILES string of the molecule is Cc1cc[nH]c(=O)c1C(=O)NCCc1ccc(Cl)cc1Cl. The van der Waals surface area contributed by atoms with Crippen LogP contribution in [-0.2, 0) is 6.42 Å². The van der Waals surface area contributed by atoms with Gasteiger partial charge in [0.05, 0.1) is 0 Å². The second-order valence-electron chi connectivity index (χ2n) is 4.61.